The molecule has 1 fully saturated rings. The number of hydrogen-bond donors (Lipinski definition) is 1. The van der Waals surface area contributed by atoms with Crippen LogP contribution in [0.25, 0.3) is 17.4 Å². The Labute approximate surface area is 140 Å². The summed E-state index contributed by atoms with van der Waals surface area (Å²) in [4.78, 5) is 34.6. The second-order valence-electron chi connectivity index (χ2n) is 4.87. The van der Waals surface area contributed by atoms with Crippen LogP contribution in [-0.2, 0) is 14.3 Å². The Morgan fingerprint density at radius 2 is 2.04 bits per heavy atom. The first-order chi connectivity index (χ1) is 11.4. The Hall–Kier alpha value is -3.06. The van der Waals surface area contributed by atoms with Gasteiger partial charge in [0, 0.05) is 16.7 Å². The molecule has 7 nitrogen and oxygen atoms in total. The number of aliphatic carboxylic acids is 1. The van der Waals surface area contributed by atoms with Crippen LogP contribution >= 0.6 is 11.6 Å². The fraction of sp³-hybridized carbons (Fsp3) is 0.0625. The minimum atomic E-state index is -1.32. The molecule has 0 aliphatic carbocycles. The van der Waals surface area contributed by atoms with Gasteiger partial charge in [0.25, 0.3) is 5.91 Å². The van der Waals surface area contributed by atoms with Gasteiger partial charge < -0.3 is 14.3 Å². The lowest BCUT2D eigenvalue weighted by Crippen LogP contribution is -2.33. The number of hydrogen-bond acceptors (Lipinski definition) is 5. The van der Waals surface area contributed by atoms with E-state index in [4.69, 9.17) is 25.9 Å². The number of benzene rings is 1. The number of ether oxygens (including phenoxy) is 1. The lowest BCUT2D eigenvalue weighted by Gasteiger charge is -2.04. The molecule has 3 rings (SSSR count). The summed E-state index contributed by atoms with van der Waals surface area (Å²) in [6.07, 6.45) is 0.200. The maximum absolute atomic E-state index is 12.0. The lowest BCUT2D eigenvalue weighted by molar-refractivity contribution is -0.140. The van der Waals surface area contributed by atoms with Crippen LogP contribution in [-0.4, -0.2) is 34.5 Å². The zero-order valence-electron chi connectivity index (χ0n) is 12.1. The number of carboxylic acids is 1. The Morgan fingerprint density at radius 3 is 2.75 bits per heavy atom. The van der Waals surface area contributed by atoms with E-state index in [0.717, 1.165) is 5.56 Å². The lowest BCUT2D eigenvalue weighted by atomic mass is 10.2. The van der Waals surface area contributed by atoms with Crippen molar-refractivity contribution in [2.45, 2.75) is 0 Å². The highest BCUT2D eigenvalue weighted by atomic mass is 35.5. The normalized spacial score (nSPS) is 15.9. The van der Waals surface area contributed by atoms with Crippen LogP contribution in [0.2, 0.25) is 5.02 Å². The Bertz CT molecular complexity index is 869. The number of imide groups is 1. The van der Waals surface area contributed by atoms with Crippen molar-refractivity contribution < 1.29 is 28.6 Å². The number of cyclic esters (lactones) is 1. The van der Waals surface area contributed by atoms with E-state index in [1.54, 1.807) is 36.4 Å². The van der Waals surface area contributed by atoms with Crippen LogP contribution in [0, 0.1) is 0 Å². The molecule has 0 atom stereocenters. The molecule has 1 N–H and O–H groups in total. The molecule has 0 unspecified atom stereocenters. The minimum absolute atomic E-state index is 0.276. The van der Waals surface area contributed by atoms with E-state index in [2.05, 4.69) is 0 Å². The van der Waals surface area contributed by atoms with E-state index in [0.29, 0.717) is 15.7 Å². The van der Waals surface area contributed by atoms with E-state index in [1.807, 2.05) is 0 Å². The third kappa shape index (κ3) is 3.16. The van der Waals surface area contributed by atoms with Crippen molar-refractivity contribution in [3.05, 3.63) is 52.9 Å². The monoisotopic (exact) mass is 347 g/mol. The van der Waals surface area contributed by atoms with Gasteiger partial charge in [-0.05, 0) is 24.3 Å². The Morgan fingerprint density at radius 1 is 1.25 bits per heavy atom. The minimum Gasteiger partial charge on any atom is -0.480 e. The van der Waals surface area contributed by atoms with Crippen molar-refractivity contribution in [2.24, 2.45) is 0 Å². The van der Waals surface area contributed by atoms with Crippen molar-refractivity contribution in [1.82, 2.24) is 4.90 Å². The number of furan rings is 1. The summed E-state index contributed by atoms with van der Waals surface area (Å²) < 4.78 is 10.4. The van der Waals surface area contributed by atoms with Crippen LogP contribution < -0.4 is 0 Å². The Kier molecular flexibility index (Phi) is 4.09. The highest BCUT2D eigenvalue weighted by Crippen LogP contribution is 2.27. The molecule has 1 aliphatic rings. The number of carbonyl (C=O) groups is 3. The molecule has 0 bridgehead atoms. The quantitative estimate of drug-likeness (QED) is 0.854. The highest BCUT2D eigenvalue weighted by Gasteiger charge is 2.37. The summed E-state index contributed by atoms with van der Waals surface area (Å²) in [5.74, 6) is -1.65. The van der Waals surface area contributed by atoms with Crippen LogP contribution in [0.5, 0.6) is 0 Å². The maximum atomic E-state index is 12.0. The highest BCUT2D eigenvalue weighted by molar-refractivity contribution is 6.30. The molecule has 1 saturated heterocycles. The summed E-state index contributed by atoms with van der Waals surface area (Å²) >= 11 is 5.92. The first-order valence-corrected chi connectivity index (χ1v) is 7.15. The fourth-order valence-electron chi connectivity index (χ4n) is 2.13. The van der Waals surface area contributed by atoms with Crippen molar-refractivity contribution in [2.75, 3.05) is 6.54 Å². The molecule has 2 amide bonds. The second kappa shape index (κ2) is 6.21. The summed E-state index contributed by atoms with van der Waals surface area (Å²) in [5.41, 5.74) is 0.745. The molecule has 0 radical (unpaired) electrons. The number of carbonyl (C=O) groups excluding carboxylic acids is 2. The number of halogens is 1. The van der Waals surface area contributed by atoms with Gasteiger partial charge in [-0.3, -0.25) is 9.59 Å². The molecule has 122 valence electrons. The van der Waals surface area contributed by atoms with Crippen LogP contribution in [0.3, 0.4) is 0 Å². The van der Waals surface area contributed by atoms with Crippen molar-refractivity contribution in [3.8, 4) is 11.3 Å². The van der Waals surface area contributed by atoms with Gasteiger partial charge >= 0.3 is 12.1 Å². The summed E-state index contributed by atoms with van der Waals surface area (Å²) in [6, 6.07) is 10.3. The fourth-order valence-corrected chi connectivity index (χ4v) is 2.32. The largest absolute Gasteiger partial charge is 0.480 e. The summed E-state index contributed by atoms with van der Waals surface area (Å²) in [7, 11) is 0. The molecule has 0 spiro atoms. The smallest absolute Gasteiger partial charge is 0.423 e. The van der Waals surface area contributed by atoms with Gasteiger partial charge in [0.05, 0.1) is 0 Å². The van der Waals surface area contributed by atoms with Gasteiger partial charge in [-0.2, -0.15) is 0 Å². The van der Waals surface area contributed by atoms with Crippen molar-refractivity contribution in [3.63, 3.8) is 0 Å². The van der Waals surface area contributed by atoms with E-state index in [1.165, 1.54) is 6.08 Å². The van der Waals surface area contributed by atoms with E-state index >= 15 is 0 Å². The predicted octanol–water partition coefficient (Wildman–Crippen LogP) is 3.00. The van der Waals surface area contributed by atoms with Crippen molar-refractivity contribution >= 4 is 35.6 Å². The number of carboxylic acid groups (broad SMARTS) is 1. The van der Waals surface area contributed by atoms with Gasteiger partial charge in [0.1, 0.15) is 18.1 Å². The molecule has 1 aromatic carbocycles. The zero-order valence-corrected chi connectivity index (χ0v) is 12.8. The van der Waals surface area contributed by atoms with Gasteiger partial charge in [0.2, 0.25) is 5.76 Å². The van der Waals surface area contributed by atoms with Crippen LogP contribution in [0.15, 0.2) is 46.6 Å². The SMILES string of the molecule is O=C(O)CN1C(=O)O/C(=C\c2ccc(-c3cccc(Cl)c3)o2)C1=O. The maximum Gasteiger partial charge on any atom is 0.423 e. The van der Waals surface area contributed by atoms with E-state index in [-0.39, 0.29) is 11.5 Å². The summed E-state index contributed by atoms with van der Waals surface area (Å²) in [5, 5.41) is 9.24. The molecule has 0 saturated carbocycles. The molecule has 8 heteroatoms. The van der Waals surface area contributed by atoms with Crippen molar-refractivity contribution in [1.29, 1.82) is 0 Å². The van der Waals surface area contributed by atoms with Gasteiger partial charge in [-0.25, -0.2) is 9.69 Å². The molecule has 2 heterocycles. The average Bonchev–Trinajstić information content (AvgIpc) is 3.08. The predicted molar refractivity (Wildman–Crippen MR) is 83.0 cm³/mol. The zero-order chi connectivity index (χ0) is 17.3. The summed E-state index contributed by atoms with van der Waals surface area (Å²) in [6.45, 7) is -0.763. The van der Waals surface area contributed by atoms with Crippen LogP contribution in [0.4, 0.5) is 4.79 Å². The molecular weight excluding hydrogens is 338 g/mol. The first-order valence-electron chi connectivity index (χ1n) is 6.77. The Balaban J connectivity index is 1.84. The number of nitrogens with zero attached hydrogens (tertiary/aromatic N) is 1. The van der Waals surface area contributed by atoms with E-state index < -0.39 is 24.5 Å². The molecule has 24 heavy (non-hydrogen) atoms. The molecule has 1 aliphatic heterocycles. The standard InChI is InChI=1S/C16H10ClNO6/c17-10-3-1-2-9(6-10)12-5-4-11(23-12)7-13-15(21)18(8-14(19)20)16(22)24-13/h1-7H,8H2,(H,19,20)/b13-7-. The topological polar surface area (TPSA) is 97.1 Å². The van der Waals surface area contributed by atoms with Gasteiger partial charge in [-0.1, -0.05) is 23.7 Å². The van der Waals surface area contributed by atoms with Gasteiger partial charge in [-0.15, -0.1) is 0 Å². The van der Waals surface area contributed by atoms with E-state index in [9.17, 15) is 14.4 Å². The number of rotatable bonds is 4. The van der Waals surface area contributed by atoms with Gasteiger partial charge in [0.15, 0.2) is 0 Å². The number of amides is 2. The first kappa shape index (κ1) is 15.8. The second-order valence-corrected chi connectivity index (χ2v) is 5.31. The molecular formula is C16H10ClNO6. The average molecular weight is 348 g/mol. The molecule has 2 aromatic rings. The third-order valence-corrected chi connectivity index (χ3v) is 3.41. The molecule has 1 aromatic heterocycles. The third-order valence-electron chi connectivity index (χ3n) is 3.18. The van der Waals surface area contributed by atoms with Crippen LogP contribution in [0.1, 0.15) is 5.76 Å².